The molecular weight excluding hydrogens is 426 g/mol. The van der Waals surface area contributed by atoms with Crippen molar-refractivity contribution in [1.29, 1.82) is 0 Å². The predicted octanol–water partition coefficient (Wildman–Crippen LogP) is 1.28. The molecule has 184 valence electrons. The van der Waals surface area contributed by atoms with Crippen molar-refractivity contribution >= 4 is 23.9 Å². The minimum absolute atomic E-state index is 0.0157. The predicted molar refractivity (Wildman–Crippen MR) is 120 cm³/mol. The van der Waals surface area contributed by atoms with Gasteiger partial charge in [0.1, 0.15) is 17.7 Å². The van der Waals surface area contributed by atoms with E-state index in [9.17, 15) is 19.2 Å². The molecular formula is C23H37N5O5. The van der Waals surface area contributed by atoms with Crippen molar-refractivity contribution < 1.29 is 23.9 Å². The summed E-state index contributed by atoms with van der Waals surface area (Å²) >= 11 is 0. The molecule has 3 saturated heterocycles. The van der Waals surface area contributed by atoms with Gasteiger partial charge in [0.2, 0.25) is 11.8 Å². The average molecular weight is 464 g/mol. The summed E-state index contributed by atoms with van der Waals surface area (Å²) in [5.74, 6) is -0.603. The van der Waals surface area contributed by atoms with E-state index in [0.717, 1.165) is 19.3 Å². The highest BCUT2D eigenvalue weighted by atomic mass is 16.6. The number of carbonyl (C=O) groups excluding carboxylic acids is 4. The molecule has 0 radical (unpaired) electrons. The van der Waals surface area contributed by atoms with Gasteiger partial charge in [-0.15, -0.1) is 0 Å². The Morgan fingerprint density at radius 1 is 1.00 bits per heavy atom. The van der Waals surface area contributed by atoms with E-state index in [1.54, 1.807) is 44.7 Å². The number of likely N-dealkylation sites (tertiary alicyclic amines) is 1. The number of rotatable bonds is 4. The summed E-state index contributed by atoms with van der Waals surface area (Å²) in [6.07, 6.45) is 3.80. The lowest BCUT2D eigenvalue weighted by atomic mass is 9.84. The minimum Gasteiger partial charge on any atom is -0.444 e. The number of alkyl carbamates (subject to hydrolysis) is 1. The van der Waals surface area contributed by atoms with E-state index < -0.39 is 29.7 Å². The lowest BCUT2D eigenvalue weighted by Crippen LogP contribution is -2.60. The van der Waals surface area contributed by atoms with E-state index in [0.29, 0.717) is 25.2 Å². The van der Waals surface area contributed by atoms with Gasteiger partial charge in [-0.2, -0.15) is 0 Å². The highest BCUT2D eigenvalue weighted by Gasteiger charge is 2.58. The SMILES string of the molecule is CN(C)C(=O)N1C2CCC1CC([C@H](NC(=O)OC(C)(C)C)C(=O)N1[C@H](C(N)=O)C[C@@H]3C[C@@H]31)C2. The number of nitrogens with one attached hydrogen (secondary N) is 1. The maximum Gasteiger partial charge on any atom is 0.408 e. The zero-order valence-corrected chi connectivity index (χ0v) is 20.2. The summed E-state index contributed by atoms with van der Waals surface area (Å²) in [6.45, 7) is 5.31. The molecule has 1 saturated carbocycles. The lowest BCUT2D eigenvalue weighted by Gasteiger charge is -2.43. The number of hydrogen-bond acceptors (Lipinski definition) is 5. The molecule has 0 aromatic heterocycles. The van der Waals surface area contributed by atoms with Crippen LogP contribution in [0.15, 0.2) is 0 Å². The standard InChI is InChI=1S/C23H37N5O5/c1-23(2,3)33-21(31)25-18(20(30)28-16-10-12(16)11-17(28)19(24)29)13-8-14-6-7-15(9-13)27(14)22(32)26(4)5/h12-18H,6-11H2,1-5H3,(H2,24,29)(H,25,31)/t12-,13?,14?,15?,16-,17-,18-/m0/s1. The van der Waals surface area contributed by atoms with Gasteiger partial charge in [-0.3, -0.25) is 9.59 Å². The van der Waals surface area contributed by atoms with Crippen molar-refractivity contribution in [1.82, 2.24) is 20.0 Å². The van der Waals surface area contributed by atoms with Gasteiger partial charge in [-0.1, -0.05) is 0 Å². The summed E-state index contributed by atoms with van der Waals surface area (Å²) in [5, 5.41) is 2.84. The fourth-order valence-electron chi connectivity index (χ4n) is 6.04. The van der Waals surface area contributed by atoms with Crippen LogP contribution in [0.2, 0.25) is 0 Å². The highest BCUT2D eigenvalue weighted by Crippen LogP contribution is 2.49. The number of hydrogen-bond donors (Lipinski definition) is 2. The number of nitrogens with two attached hydrogens (primary N) is 1. The molecule has 0 aromatic rings. The molecule has 6 atom stereocenters. The molecule has 10 nitrogen and oxygen atoms in total. The van der Waals surface area contributed by atoms with Crippen molar-refractivity contribution in [2.24, 2.45) is 17.6 Å². The Labute approximate surface area is 195 Å². The van der Waals surface area contributed by atoms with Crippen LogP contribution >= 0.6 is 0 Å². The number of urea groups is 1. The first kappa shape index (κ1) is 23.6. The summed E-state index contributed by atoms with van der Waals surface area (Å²) in [6, 6.07) is -1.39. The topological polar surface area (TPSA) is 125 Å². The highest BCUT2D eigenvalue weighted by molar-refractivity contribution is 5.92. The average Bonchev–Trinajstić information content (AvgIpc) is 3.28. The molecule has 3 aliphatic heterocycles. The van der Waals surface area contributed by atoms with Crippen LogP contribution in [0.4, 0.5) is 9.59 Å². The molecule has 0 spiro atoms. The Bertz CT molecular complexity index is 826. The number of nitrogens with zero attached hydrogens (tertiary/aromatic N) is 3. The molecule has 10 heteroatoms. The maximum absolute atomic E-state index is 13.8. The van der Waals surface area contributed by atoms with Crippen LogP contribution in [0, 0.1) is 11.8 Å². The Morgan fingerprint density at radius 2 is 1.61 bits per heavy atom. The number of piperidine rings is 2. The fraction of sp³-hybridized carbons (Fsp3) is 0.826. The first-order chi connectivity index (χ1) is 15.4. The monoisotopic (exact) mass is 463 g/mol. The third kappa shape index (κ3) is 4.61. The summed E-state index contributed by atoms with van der Waals surface area (Å²) in [4.78, 5) is 56.4. The van der Waals surface area contributed by atoms with Gasteiger partial charge in [0.05, 0.1) is 0 Å². The van der Waals surface area contributed by atoms with Gasteiger partial charge in [-0.05, 0) is 71.1 Å². The van der Waals surface area contributed by atoms with Crippen LogP contribution in [0.5, 0.6) is 0 Å². The Kier molecular flexibility index (Phi) is 5.99. The summed E-state index contributed by atoms with van der Waals surface area (Å²) in [7, 11) is 3.49. The second-order valence-corrected chi connectivity index (χ2v) is 11.3. The first-order valence-corrected chi connectivity index (χ1v) is 12.0. The van der Waals surface area contributed by atoms with Crippen molar-refractivity contribution in [2.45, 2.75) is 95.1 Å². The van der Waals surface area contributed by atoms with Gasteiger partial charge in [0.15, 0.2) is 0 Å². The van der Waals surface area contributed by atoms with Gasteiger partial charge < -0.3 is 30.5 Å². The third-order valence-corrected chi connectivity index (χ3v) is 7.47. The number of fused-ring (bicyclic) bond motifs is 3. The van der Waals surface area contributed by atoms with E-state index in [4.69, 9.17) is 10.5 Å². The molecule has 4 aliphatic rings. The molecule has 3 heterocycles. The van der Waals surface area contributed by atoms with Crippen molar-refractivity contribution in [3.05, 3.63) is 0 Å². The number of ether oxygens (including phenoxy) is 1. The second-order valence-electron chi connectivity index (χ2n) is 11.3. The van der Waals surface area contributed by atoms with Crippen molar-refractivity contribution in [2.75, 3.05) is 14.1 Å². The van der Waals surface area contributed by atoms with Crippen LogP contribution < -0.4 is 11.1 Å². The normalized spacial score (nSPS) is 33.2. The van der Waals surface area contributed by atoms with Crippen LogP contribution in [-0.2, 0) is 14.3 Å². The van der Waals surface area contributed by atoms with E-state index in [1.807, 2.05) is 4.90 Å². The molecule has 4 rings (SSSR count). The lowest BCUT2D eigenvalue weighted by molar-refractivity contribution is -0.142. The molecule has 5 amide bonds. The van der Waals surface area contributed by atoms with Gasteiger partial charge in [-0.25, -0.2) is 9.59 Å². The molecule has 2 bridgehead atoms. The zero-order chi connectivity index (χ0) is 24.2. The minimum atomic E-state index is -0.819. The first-order valence-electron chi connectivity index (χ1n) is 12.0. The summed E-state index contributed by atoms with van der Waals surface area (Å²) in [5.41, 5.74) is 4.91. The third-order valence-electron chi connectivity index (χ3n) is 7.47. The molecule has 2 unspecified atom stereocenters. The number of primary amides is 1. The van der Waals surface area contributed by atoms with Crippen LogP contribution in [0.3, 0.4) is 0 Å². The maximum atomic E-state index is 13.8. The van der Waals surface area contributed by atoms with Crippen LogP contribution in [0.1, 0.15) is 59.3 Å². The second kappa shape index (κ2) is 8.36. The van der Waals surface area contributed by atoms with E-state index in [-0.39, 0.29) is 36.0 Å². The zero-order valence-electron chi connectivity index (χ0n) is 20.2. The Morgan fingerprint density at radius 3 is 2.12 bits per heavy atom. The number of carbonyl (C=O) groups is 4. The van der Waals surface area contributed by atoms with Crippen LogP contribution in [-0.4, -0.2) is 88.5 Å². The van der Waals surface area contributed by atoms with E-state index >= 15 is 0 Å². The van der Waals surface area contributed by atoms with E-state index in [1.165, 1.54) is 0 Å². The molecule has 3 N–H and O–H groups in total. The Hall–Kier alpha value is -2.52. The Balaban J connectivity index is 1.56. The quantitative estimate of drug-likeness (QED) is 0.650. The van der Waals surface area contributed by atoms with E-state index in [2.05, 4.69) is 5.32 Å². The van der Waals surface area contributed by atoms with Crippen LogP contribution in [0.25, 0.3) is 0 Å². The van der Waals surface area contributed by atoms with Gasteiger partial charge >= 0.3 is 12.1 Å². The molecule has 0 aromatic carbocycles. The molecule has 4 fully saturated rings. The largest absolute Gasteiger partial charge is 0.444 e. The smallest absolute Gasteiger partial charge is 0.408 e. The molecule has 1 aliphatic carbocycles. The van der Waals surface area contributed by atoms with Gasteiger partial charge in [0, 0.05) is 32.2 Å². The van der Waals surface area contributed by atoms with Crippen molar-refractivity contribution in [3.63, 3.8) is 0 Å². The fourth-order valence-corrected chi connectivity index (χ4v) is 6.04. The number of amides is 5. The summed E-state index contributed by atoms with van der Waals surface area (Å²) < 4.78 is 5.46. The van der Waals surface area contributed by atoms with Gasteiger partial charge in [0.25, 0.3) is 0 Å². The molecule has 33 heavy (non-hydrogen) atoms. The van der Waals surface area contributed by atoms with Crippen molar-refractivity contribution in [3.8, 4) is 0 Å².